The summed E-state index contributed by atoms with van der Waals surface area (Å²) in [4.78, 5) is 11.8. The molecule has 0 aliphatic heterocycles. The Morgan fingerprint density at radius 2 is 2.06 bits per heavy atom. The average molecular weight is 248 g/mol. The summed E-state index contributed by atoms with van der Waals surface area (Å²) in [5.41, 5.74) is 1.95. The molecule has 3 nitrogen and oxygen atoms in total. The quantitative estimate of drug-likeness (QED) is 0.595. The third-order valence-corrected chi connectivity index (χ3v) is 3.25. The molecule has 1 aromatic carbocycles. The molecule has 0 radical (unpaired) electrons. The highest BCUT2D eigenvalue weighted by Gasteiger charge is 2.26. The summed E-state index contributed by atoms with van der Waals surface area (Å²) < 4.78 is 10.8. The lowest BCUT2D eigenvalue weighted by atomic mass is 9.97. The monoisotopic (exact) mass is 248 g/mol. The van der Waals surface area contributed by atoms with E-state index < -0.39 is 5.41 Å². The molecule has 0 bridgehead atoms. The zero-order valence-electron chi connectivity index (χ0n) is 11.4. The maximum atomic E-state index is 11.8. The number of aryl methyl sites for hydroxylation is 1. The first-order valence-corrected chi connectivity index (χ1v) is 6.29. The summed E-state index contributed by atoms with van der Waals surface area (Å²) in [5, 5.41) is 0. The Bertz CT molecular complexity index is 457. The molecule has 1 atom stereocenters. The molecule has 1 aromatic rings. The molecule has 0 aromatic heterocycles. The van der Waals surface area contributed by atoms with Gasteiger partial charge in [0.05, 0.1) is 11.5 Å². The first kappa shape index (κ1) is 13.1. The van der Waals surface area contributed by atoms with E-state index in [4.69, 9.17) is 9.47 Å². The summed E-state index contributed by atoms with van der Waals surface area (Å²) >= 11 is 0. The molecule has 0 fully saturated rings. The fourth-order valence-corrected chi connectivity index (χ4v) is 2.11. The van der Waals surface area contributed by atoms with E-state index in [0.29, 0.717) is 5.75 Å². The number of benzene rings is 1. The van der Waals surface area contributed by atoms with Gasteiger partial charge in [0.1, 0.15) is 5.75 Å². The van der Waals surface area contributed by atoms with Crippen LogP contribution in [-0.2, 0) is 16.0 Å². The minimum absolute atomic E-state index is 0.133. The molecule has 1 aliphatic rings. The second-order valence-corrected chi connectivity index (χ2v) is 5.76. The lowest BCUT2D eigenvalue weighted by Gasteiger charge is -2.17. The number of esters is 1. The van der Waals surface area contributed by atoms with Crippen LogP contribution in [0.1, 0.15) is 44.4 Å². The van der Waals surface area contributed by atoms with Crippen LogP contribution in [0.3, 0.4) is 0 Å². The Kier molecular flexibility index (Phi) is 3.44. The van der Waals surface area contributed by atoms with Gasteiger partial charge >= 0.3 is 5.97 Å². The minimum Gasteiger partial charge on any atom is -0.426 e. The summed E-state index contributed by atoms with van der Waals surface area (Å²) in [6, 6.07) is 5.82. The molecule has 0 saturated heterocycles. The summed E-state index contributed by atoms with van der Waals surface area (Å²) in [7, 11) is 1.72. The fourth-order valence-electron chi connectivity index (χ4n) is 2.11. The Morgan fingerprint density at radius 3 is 2.67 bits per heavy atom. The van der Waals surface area contributed by atoms with E-state index in [-0.39, 0.29) is 12.1 Å². The van der Waals surface area contributed by atoms with Gasteiger partial charge in [-0.15, -0.1) is 0 Å². The molecule has 1 aliphatic carbocycles. The Balaban J connectivity index is 2.19. The van der Waals surface area contributed by atoms with Crippen molar-refractivity contribution < 1.29 is 14.3 Å². The van der Waals surface area contributed by atoms with Crippen molar-refractivity contribution >= 4 is 5.97 Å². The van der Waals surface area contributed by atoms with Crippen LogP contribution in [0.15, 0.2) is 18.2 Å². The van der Waals surface area contributed by atoms with Gasteiger partial charge in [-0.1, -0.05) is 6.07 Å². The number of carbonyl (C=O) groups excluding carboxylic acids is 1. The molecule has 0 spiro atoms. The van der Waals surface area contributed by atoms with E-state index in [1.54, 1.807) is 7.11 Å². The van der Waals surface area contributed by atoms with Crippen LogP contribution in [-0.4, -0.2) is 13.1 Å². The van der Waals surface area contributed by atoms with Crippen LogP contribution in [0.5, 0.6) is 5.75 Å². The molecular formula is C15H20O3. The highest BCUT2D eigenvalue weighted by Crippen LogP contribution is 2.36. The summed E-state index contributed by atoms with van der Waals surface area (Å²) in [6.07, 6.45) is 2.16. The number of hydrogen-bond donors (Lipinski definition) is 0. The van der Waals surface area contributed by atoms with Crippen molar-refractivity contribution in [1.29, 1.82) is 0 Å². The number of methoxy groups -OCH3 is 1. The SMILES string of the molecule is COC1CCc2ccc(OC(=O)C(C)(C)C)cc21. The smallest absolute Gasteiger partial charge is 0.316 e. The summed E-state index contributed by atoms with van der Waals surface area (Å²) in [6.45, 7) is 5.54. The molecule has 1 unspecified atom stereocenters. The Hall–Kier alpha value is -1.35. The van der Waals surface area contributed by atoms with Crippen LogP contribution in [0, 0.1) is 5.41 Å². The van der Waals surface area contributed by atoms with Crippen molar-refractivity contribution in [1.82, 2.24) is 0 Å². The van der Waals surface area contributed by atoms with Crippen molar-refractivity contribution in [2.75, 3.05) is 7.11 Å². The normalized spacial score (nSPS) is 18.6. The maximum Gasteiger partial charge on any atom is 0.316 e. The fraction of sp³-hybridized carbons (Fsp3) is 0.533. The standard InChI is InChI=1S/C15H20O3/c1-15(2,3)14(16)18-11-7-5-10-6-8-13(17-4)12(10)9-11/h5,7,9,13H,6,8H2,1-4H3. The van der Waals surface area contributed by atoms with E-state index in [1.165, 1.54) is 5.56 Å². The van der Waals surface area contributed by atoms with Crippen LogP contribution in [0.4, 0.5) is 0 Å². The Morgan fingerprint density at radius 1 is 1.33 bits per heavy atom. The molecule has 2 rings (SSSR count). The van der Waals surface area contributed by atoms with Crippen LogP contribution in [0.25, 0.3) is 0 Å². The maximum absolute atomic E-state index is 11.8. The predicted molar refractivity (Wildman–Crippen MR) is 69.6 cm³/mol. The number of ether oxygens (including phenoxy) is 2. The topological polar surface area (TPSA) is 35.5 Å². The number of carbonyl (C=O) groups is 1. The molecular weight excluding hydrogens is 228 g/mol. The van der Waals surface area contributed by atoms with Crippen molar-refractivity contribution in [3.8, 4) is 5.75 Å². The summed E-state index contributed by atoms with van der Waals surface area (Å²) in [5.74, 6) is 0.395. The largest absolute Gasteiger partial charge is 0.426 e. The van der Waals surface area contributed by atoms with Gasteiger partial charge in [-0.25, -0.2) is 0 Å². The van der Waals surface area contributed by atoms with Crippen molar-refractivity contribution in [2.45, 2.75) is 39.7 Å². The molecule has 0 heterocycles. The molecule has 0 amide bonds. The van der Waals surface area contributed by atoms with Gasteiger partial charge < -0.3 is 9.47 Å². The minimum atomic E-state index is -0.486. The van der Waals surface area contributed by atoms with Crippen LogP contribution in [0.2, 0.25) is 0 Å². The van der Waals surface area contributed by atoms with Gasteiger partial charge in [0.25, 0.3) is 0 Å². The van der Waals surface area contributed by atoms with Crippen LogP contribution >= 0.6 is 0 Å². The Labute approximate surface area is 108 Å². The van der Waals surface area contributed by atoms with E-state index >= 15 is 0 Å². The van der Waals surface area contributed by atoms with Crippen molar-refractivity contribution in [3.63, 3.8) is 0 Å². The van der Waals surface area contributed by atoms with Crippen molar-refractivity contribution in [3.05, 3.63) is 29.3 Å². The lowest BCUT2D eigenvalue weighted by Crippen LogP contribution is -2.25. The van der Waals surface area contributed by atoms with E-state index in [1.807, 2.05) is 39.0 Å². The van der Waals surface area contributed by atoms with Gasteiger partial charge in [0, 0.05) is 7.11 Å². The number of hydrogen-bond acceptors (Lipinski definition) is 3. The van der Waals surface area contributed by atoms with E-state index in [0.717, 1.165) is 18.4 Å². The van der Waals surface area contributed by atoms with Gasteiger partial charge in [0.2, 0.25) is 0 Å². The van der Waals surface area contributed by atoms with E-state index in [2.05, 4.69) is 0 Å². The van der Waals surface area contributed by atoms with E-state index in [9.17, 15) is 4.79 Å². The number of rotatable bonds is 2. The second-order valence-electron chi connectivity index (χ2n) is 5.76. The predicted octanol–water partition coefficient (Wildman–Crippen LogP) is 3.27. The highest BCUT2D eigenvalue weighted by atomic mass is 16.5. The van der Waals surface area contributed by atoms with Crippen molar-refractivity contribution in [2.24, 2.45) is 5.41 Å². The molecule has 98 valence electrons. The molecule has 0 N–H and O–H groups in total. The molecule has 0 saturated carbocycles. The van der Waals surface area contributed by atoms with Crippen LogP contribution < -0.4 is 4.74 Å². The zero-order valence-corrected chi connectivity index (χ0v) is 11.4. The van der Waals surface area contributed by atoms with Gasteiger partial charge in [-0.3, -0.25) is 4.79 Å². The third kappa shape index (κ3) is 2.56. The third-order valence-electron chi connectivity index (χ3n) is 3.25. The zero-order chi connectivity index (χ0) is 13.3. The second kappa shape index (κ2) is 4.73. The first-order valence-electron chi connectivity index (χ1n) is 6.29. The van der Waals surface area contributed by atoms with Gasteiger partial charge in [-0.2, -0.15) is 0 Å². The first-order chi connectivity index (χ1) is 8.41. The highest BCUT2D eigenvalue weighted by molar-refractivity contribution is 5.77. The number of fused-ring (bicyclic) bond motifs is 1. The van der Waals surface area contributed by atoms with Gasteiger partial charge in [-0.05, 0) is 56.9 Å². The lowest BCUT2D eigenvalue weighted by molar-refractivity contribution is -0.143. The average Bonchev–Trinajstić information content (AvgIpc) is 2.70. The molecule has 3 heteroatoms. The molecule has 18 heavy (non-hydrogen) atoms. The van der Waals surface area contributed by atoms with Gasteiger partial charge in [0.15, 0.2) is 0 Å².